The fraction of sp³-hybridized carbons (Fsp3) is 0.738. The van der Waals surface area contributed by atoms with Gasteiger partial charge in [-0.15, -0.1) is 0 Å². The van der Waals surface area contributed by atoms with E-state index in [0.29, 0.717) is 17.4 Å². The van der Waals surface area contributed by atoms with Crippen LogP contribution in [0.25, 0.3) is 0 Å². The zero-order chi connectivity index (χ0) is 68.3. The van der Waals surface area contributed by atoms with Crippen LogP contribution in [0.2, 0.25) is 0 Å². The molecule has 1 N–H and O–H groups in total. The predicted octanol–water partition coefficient (Wildman–Crippen LogP) is 26.2. The third kappa shape index (κ3) is 77.4. The molecule has 0 saturated heterocycles. The molecule has 0 aromatic rings. The molecule has 0 rings (SSSR count). The smallest absolute Gasteiger partial charge is 0.462 e. The lowest BCUT2D eigenvalue weighted by atomic mass is 10.0. The molecule has 0 aliphatic carbocycles. The van der Waals surface area contributed by atoms with E-state index in [1.54, 1.807) is 0 Å². The second kappa shape index (κ2) is 73.7. The Balaban J connectivity index is 4.03. The maximum atomic E-state index is 12.9. The molecule has 9 nitrogen and oxygen atoms in total. The molecular weight excluding hydrogens is 1180 g/mol. The minimum absolute atomic E-state index is 0.0268. The lowest BCUT2D eigenvalue weighted by Gasteiger charge is -2.24. The number of rotatable bonds is 72. The van der Waals surface area contributed by atoms with Crippen molar-refractivity contribution >= 4 is 19.8 Å². The van der Waals surface area contributed by atoms with Crippen molar-refractivity contribution in [3.63, 3.8) is 0 Å². The van der Waals surface area contributed by atoms with Crippen molar-refractivity contribution in [1.29, 1.82) is 0 Å². The quantitative estimate of drug-likeness (QED) is 0.0211. The van der Waals surface area contributed by atoms with Crippen molar-refractivity contribution in [2.24, 2.45) is 0 Å². The Labute approximate surface area is 581 Å². The van der Waals surface area contributed by atoms with Gasteiger partial charge in [-0.25, -0.2) is 4.57 Å². The van der Waals surface area contributed by atoms with Crippen molar-refractivity contribution in [2.75, 3.05) is 47.5 Å². The molecule has 0 amide bonds. The standard InChI is InChI=1S/C84H148NO8P/c1-6-8-10-12-14-16-18-20-22-24-26-28-30-32-34-36-38-40-41-42-43-45-47-49-51-53-55-57-59-61-63-65-67-69-71-73-75-77-84(87)93-82(81-92-94(88,89)91-79-78-85(3,4)5)80-90-83(86)76-74-72-70-68-66-64-62-60-58-56-54-52-50-48-46-44-39-37-35-33-31-29-27-25-23-21-19-17-15-13-11-9-7-2/h8,10,14,16,20,22,25-28,32,34,38,40,42-43,47,49,53,55,82H,6-7,9,11-13,15,17-19,21,23-24,29-31,33,35-37,39,41,44-46,48,50-52,54,56-81H2,1-5H3/p+1/b10-8-,16-14-,22-20-,27-25-,28-26-,34-32-,40-38-,43-42-,49-47-,55-53-. The summed E-state index contributed by atoms with van der Waals surface area (Å²) in [5.74, 6) is -0.797. The molecule has 0 aromatic heterocycles. The Morgan fingerprint density at radius 3 is 0.915 bits per heavy atom. The van der Waals surface area contributed by atoms with E-state index in [0.717, 1.165) is 103 Å². The van der Waals surface area contributed by atoms with Crippen LogP contribution in [0.5, 0.6) is 0 Å². The number of esters is 2. The first-order valence-corrected chi connectivity index (χ1v) is 40.8. The number of likely N-dealkylation sites (N-methyl/N-ethyl adjacent to an activating group) is 1. The zero-order valence-electron chi connectivity index (χ0n) is 61.9. The lowest BCUT2D eigenvalue weighted by molar-refractivity contribution is -0.870. The topological polar surface area (TPSA) is 108 Å². The second-order valence-corrected chi connectivity index (χ2v) is 28.8. The fourth-order valence-corrected chi connectivity index (χ4v) is 11.7. The second-order valence-electron chi connectivity index (χ2n) is 27.4. The van der Waals surface area contributed by atoms with E-state index in [1.807, 2.05) is 21.1 Å². The third-order valence-corrected chi connectivity index (χ3v) is 18.0. The van der Waals surface area contributed by atoms with E-state index in [1.165, 1.54) is 212 Å². The average molecular weight is 1330 g/mol. The molecule has 0 fully saturated rings. The minimum Gasteiger partial charge on any atom is -0.462 e. The van der Waals surface area contributed by atoms with Crippen molar-refractivity contribution in [2.45, 2.75) is 354 Å². The molecule has 10 heteroatoms. The molecule has 0 radical (unpaired) electrons. The normalized spacial score (nSPS) is 13.7. The highest BCUT2D eigenvalue weighted by Gasteiger charge is 2.27. The maximum Gasteiger partial charge on any atom is 0.472 e. The molecule has 542 valence electrons. The van der Waals surface area contributed by atoms with Crippen LogP contribution in [-0.2, 0) is 32.7 Å². The number of phosphoric acid groups is 1. The van der Waals surface area contributed by atoms with E-state index >= 15 is 0 Å². The zero-order valence-corrected chi connectivity index (χ0v) is 62.8. The number of allylic oxidation sites excluding steroid dienone is 20. The molecule has 0 aliphatic heterocycles. The summed E-state index contributed by atoms with van der Waals surface area (Å²) in [4.78, 5) is 36.0. The summed E-state index contributed by atoms with van der Waals surface area (Å²) in [6.45, 7) is 4.35. The summed E-state index contributed by atoms with van der Waals surface area (Å²) in [6, 6.07) is 0. The Morgan fingerprint density at radius 1 is 0.340 bits per heavy atom. The predicted molar refractivity (Wildman–Crippen MR) is 408 cm³/mol. The van der Waals surface area contributed by atoms with Crippen LogP contribution in [0.4, 0.5) is 0 Å². The van der Waals surface area contributed by atoms with E-state index in [-0.39, 0.29) is 32.0 Å². The summed E-state index contributed by atoms with van der Waals surface area (Å²) in [5.41, 5.74) is 0. The fourth-order valence-electron chi connectivity index (χ4n) is 11.0. The van der Waals surface area contributed by atoms with Crippen molar-refractivity contribution < 1.29 is 42.1 Å². The van der Waals surface area contributed by atoms with Gasteiger partial charge in [0.15, 0.2) is 6.10 Å². The average Bonchev–Trinajstić information content (AvgIpc) is 1.56. The van der Waals surface area contributed by atoms with Crippen LogP contribution in [0.15, 0.2) is 122 Å². The van der Waals surface area contributed by atoms with Crippen LogP contribution in [0.1, 0.15) is 348 Å². The van der Waals surface area contributed by atoms with Gasteiger partial charge in [-0.1, -0.05) is 347 Å². The molecule has 0 bridgehead atoms. The number of unbranched alkanes of at least 4 members (excludes halogenated alkanes) is 38. The van der Waals surface area contributed by atoms with Crippen LogP contribution in [-0.4, -0.2) is 74.9 Å². The highest BCUT2D eigenvalue weighted by molar-refractivity contribution is 7.47. The molecule has 0 aliphatic rings. The number of hydrogen-bond acceptors (Lipinski definition) is 7. The van der Waals surface area contributed by atoms with E-state index in [4.69, 9.17) is 18.5 Å². The Morgan fingerprint density at radius 2 is 0.606 bits per heavy atom. The SMILES string of the molecule is CC/C=C\C/C=C\C/C=C\C/C=C\C/C=C\C/C=C\C/C=C\C/C=C\C/C=C\CCCCCCCCCCCC(=O)OC(COC(=O)CCCCCCCCCCCCCCCCCCCCCCC/C=C\CCCCCCCCCC)COP(=O)(O)OCC[N+](C)(C)C. The van der Waals surface area contributed by atoms with E-state index in [2.05, 4.69) is 135 Å². The number of phosphoric ester groups is 1. The summed E-state index contributed by atoms with van der Waals surface area (Å²) in [6.07, 6.45) is 106. The first kappa shape index (κ1) is 90.4. The first-order valence-electron chi connectivity index (χ1n) is 39.3. The summed E-state index contributed by atoms with van der Waals surface area (Å²) < 4.78 is 34.8. The van der Waals surface area contributed by atoms with Gasteiger partial charge >= 0.3 is 19.8 Å². The molecule has 0 heterocycles. The van der Waals surface area contributed by atoms with Gasteiger partial charge in [-0.05, 0) is 109 Å². The van der Waals surface area contributed by atoms with Gasteiger partial charge < -0.3 is 18.9 Å². The van der Waals surface area contributed by atoms with Gasteiger partial charge in [-0.2, -0.15) is 0 Å². The molecule has 94 heavy (non-hydrogen) atoms. The van der Waals surface area contributed by atoms with Crippen molar-refractivity contribution in [1.82, 2.24) is 0 Å². The molecular formula is C84H149NO8P+. The van der Waals surface area contributed by atoms with Crippen molar-refractivity contribution in [3.05, 3.63) is 122 Å². The van der Waals surface area contributed by atoms with Gasteiger partial charge in [0, 0.05) is 12.8 Å². The number of ether oxygens (including phenoxy) is 2. The largest absolute Gasteiger partial charge is 0.472 e. The van der Waals surface area contributed by atoms with Gasteiger partial charge in [0.25, 0.3) is 0 Å². The van der Waals surface area contributed by atoms with Crippen LogP contribution in [0, 0.1) is 0 Å². The van der Waals surface area contributed by atoms with Crippen molar-refractivity contribution in [3.8, 4) is 0 Å². The summed E-state index contributed by atoms with van der Waals surface area (Å²) in [7, 11) is 1.47. The number of quaternary nitrogens is 1. The Kier molecular flexibility index (Phi) is 70.8. The van der Waals surface area contributed by atoms with Gasteiger partial charge in [0.1, 0.15) is 19.8 Å². The van der Waals surface area contributed by atoms with E-state index < -0.39 is 26.5 Å². The minimum atomic E-state index is -4.40. The van der Waals surface area contributed by atoms with Gasteiger partial charge in [0.05, 0.1) is 27.7 Å². The molecule has 0 saturated carbocycles. The van der Waals surface area contributed by atoms with Crippen LogP contribution in [0.3, 0.4) is 0 Å². The number of carbonyl (C=O) groups excluding carboxylic acids is 2. The molecule has 2 unspecified atom stereocenters. The first-order chi connectivity index (χ1) is 46.0. The van der Waals surface area contributed by atoms with Gasteiger partial charge in [0.2, 0.25) is 0 Å². The lowest BCUT2D eigenvalue weighted by Crippen LogP contribution is -2.37. The van der Waals surface area contributed by atoms with E-state index in [9.17, 15) is 19.0 Å². The molecule has 2 atom stereocenters. The Hall–Kier alpha value is -3.59. The summed E-state index contributed by atoms with van der Waals surface area (Å²) >= 11 is 0. The van der Waals surface area contributed by atoms with Crippen LogP contribution >= 0.6 is 7.82 Å². The van der Waals surface area contributed by atoms with Crippen LogP contribution < -0.4 is 0 Å². The summed E-state index contributed by atoms with van der Waals surface area (Å²) in [5, 5.41) is 0. The monoisotopic (exact) mass is 1330 g/mol. The highest BCUT2D eigenvalue weighted by Crippen LogP contribution is 2.43. The number of hydrogen-bond donors (Lipinski definition) is 1. The molecule has 0 spiro atoms. The maximum absolute atomic E-state index is 12.9. The highest BCUT2D eigenvalue weighted by atomic mass is 31.2. The number of nitrogens with zero attached hydrogens (tertiary/aromatic N) is 1. The molecule has 0 aromatic carbocycles. The van der Waals surface area contributed by atoms with Gasteiger partial charge in [-0.3, -0.25) is 18.6 Å². The third-order valence-electron chi connectivity index (χ3n) is 17.0. The number of carbonyl (C=O) groups is 2. The Bertz CT molecular complexity index is 2010.